The van der Waals surface area contributed by atoms with Crippen LogP contribution in [0, 0.1) is 11.2 Å². The molecule has 1 aromatic carbocycles. The summed E-state index contributed by atoms with van der Waals surface area (Å²) in [4.78, 5) is 28.5. The highest BCUT2D eigenvalue weighted by Gasteiger charge is 2.22. The van der Waals surface area contributed by atoms with E-state index in [-0.39, 0.29) is 24.1 Å². The fourth-order valence-electron chi connectivity index (χ4n) is 2.59. The van der Waals surface area contributed by atoms with Crippen LogP contribution in [0.3, 0.4) is 0 Å². The Balaban J connectivity index is 1.98. The fourth-order valence-corrected chi connectivity index (χ4v) is 2.59. The number of carbonyl (C=O) groups excluding carboxylic acids is 2. The lowest BCUT2D eigenvalue weighted by Crippen LogP contribution is -2.36. The molecule has 0 aliphatic carbocycles. The van der Waals surface area contributed by atoms with Gasteiger partial charge >= 0.3 is 0 Å². The first kappa shape index (κ1) is 20.6. The third kappa shape index (κ3) is 5.91. The van der Waals surface area contributed by atoms with Crippen LogP contribution < -0.4 is 10.6 Å². The second kappa shape index (κ2) is 8.79. The van der Waals surface area contributed by atoms with Crippen LogP contribution in [-0.2, 0) is 16.6 Å². The van der Waals surface area contributed by atoms with Crippen LogP contribution in [0.2, 0.25) is 0 Å². The quantitative estimate of drug-likeness (QED) is 0.732. The van der Waals surface area contributed by atoms with Gasteiger partial charge in [0.2, 0.25) is 11.8 Å². The molecule has 0 saturated carbocycles. The number of hydrogen-bond donors (Lipinski definition) is 2. The van der Waals surface area contributed by atoms with Gasteiger partial charge in [0.15, 0.2) is 0 Å². The summed E-state index contributed by atoms with van der Waals surface area (Å²) in [6.45, 7) is 5.94. The fraction of sp³-hybridized carbons (Fsp3) is 0.450. The normalized spacial score (nSPS) is 12.5. The highest BCUT2D eigenvalue weighted by atomic mass is 19.1. The number of aryl methyl sites for hydroxylation is 1. The van der Waals surface area contributed by atoms with E-state index in [9.17, 15) is 14.0 Å². The third-order valence-electron chi connectivity index (χ3n) is 4.15. The molecule has 1 heterocycles. The molecule has 0 aliphatic rings. The molecule has 0 saturated heterocycles. The molecule has 1 aromatic heterocycles. The molecule has 1 atom stereocenters. The number of aromatic nitrogens is 2. The van der Waals surface area contributed by atoms with E-state index in [0.29, 0.717) is 24.4 Å². The van der Waals surface area contributed by atoms with E-state index in [4.69, 9.17) is 0 Å². The van der Waals surface area contributed by atoms with E-state index in [1.165, 1.54) is 12.1 Å². The van der Waals surface area contributed by atoms with Crippen molar-refractivity contribution in [2.75, 3.05) is 6.54 Å². The molecule has 0 aliphatic heterocycles. The number of imidazole rings is 1. The van der Waals surface area contributed by atoms with Crippen LogP contribution in [0.1, 0.15) is 51.0 Å². The van der Waals surface area contributed by atoms with Crippen molar-refractivity contribution in [2.45, 2.75) is 39.7 Å². The smallest absolute Gasteiger partial charge is 0.225 e. The van der Waals surface area contributed by atoms with Crippen molar-refractivity contribution in [1.82, 2.24) is 20.2 Å². The van der Waals surface area contributed by atoms with Crippen molar-refractivity contribution in [1.29, 1.82) is 0 Å². The minimum Gasteiger partial charge on any atom is -0.356 e. The Hall–Kier alpha value is -2.70. The zero-order valence-corrected chi connectivity index (χ0v) is 16.3. The molecule has 7 heteroatoms. The number of benzene rings is 1. The lowest BCUT2D eigenvalue weighted by atomic mass is 9.96. The number of rotatable bonds is 7. The van der Waals surface area contributed by atoms with Gasteiger partial charge in [-0.25, -0.2) is 9.37 Å². The molecule has 6 nitrogen and oxygen atoms in total. The van der Waals surface area contributed by atoms with Crippen LogP contribution in [0.15, 0.2) is 36.7 Å². The van der Waals surface area contributed by atoms with Crippen molar-refractivity contribution in [3.8, 4) is 0 Å². The van der Waals surface area contributed by atoms with Gasteiger partial charge in [0.25, 0.3) is 0 Å². The second-order valence-electron chi connectivity index (χ2n) is 7.56. The van der Waals surface area contributed by atoms with Crippen LogP contribution in [0.25, 0.3) is 0 Å². The van der Waals surface area contributed by atoms with Gasteiger partial charge in [-0.1, -0.05) is 32.9 Å². The lowest BCUT2D eigenvalue weighted by molar-refractivity contribution is -0.128. The molecule has 27 heavy (non-hydrogen) atoms. The molecule has 2 N–H and O–H groups in total. The van der Waals surface area contributed by atoms with Crippen LogP contribution in [0.4, 0.5) is 4.39 Å². The van der Waals surface area contributed by atoms with E-state index in [1.54, 1.807) is 29.1 Å². The highest BCUT2D eigenvalue weighted by Crippen LogP contribution is 2.21. The Kier molecular flexibility index (Phi) is 6.71. The summed E-state index contributed by atoms with van der Waals surface area (Å²) in [5.74, 6) is 0.0201. The number of halogens is 1. The summed E-state index contributed by atoms with van der Waals surface area (Å²) in [5, 5.41) is 5.74. The van der Waals surface area contributed by atoms with Gasteiger partial charge in [0.05, 0.1) is 0 Å². The number of carbonyl (C=O) groups is 2. The predicted octanol–water partition coefficient (Wildman–Crippen LogP) is 2.71. The topological polar surface area (TPSA) is 76.0 Å². The Morgan fingerprint density at radius 3 is 2.63 bits per heavy atom. The molecule has 2 amide bonds. The molecule has 0 fully saturated rings. The number of amides is 2. The van der Waals surface area contributed by atoms with E-state index >= 15 is 0 Å². The first-order valence-corrected chi connectivity index (χ1v) is 8.99. The summed E-state index contributed by atoms with van der Waals surface area (Å²) in [7, 11) is 1.82. The van der Waals surface area contributed by atoms with Gasteiger partial charge in [0, 0.05) is 37.8 Å². The van der Waals surface area contributed by atoms with Crippen molar-refractivity contribution < 1.29 is 14.0 Å². The van der Waals surface area contributed by atoms with Gasteiger partial charge in [0.1, 0.15) is 17.7 Å². The first-order chi connectivity index (χ1) is 12.7. The minimum atomic E-state index is -0.544. The average molecular weight is 374 g/mol. The SMILES string of the molecule is Cn1ccnc1C(NC(=O)CCCNC(=O)C(C)(C)C)c1cccc(F)c1. The van der Waals surface area contributed by atoms with Crippen molar-refractivity contribution >= 4 is 11.8 Å². The van der Waals surface area contributed by atoms with Crippen LogP contribution >= 0.6 is 0 Å². The zero-order chi connectivity index (χ0) is 20.0. The Bertz CT molecular complexity index is 795. The maximum Gasteiger partial charge on any atom is 0.225 e. The standard InChI is InChI=1S/C20H27FN4O2/c1-20(2,3)19(27)23-10-6-9-16(26)24-17(18-22-11-12-25(18)4)14-7-5-8-15(21)13-14/h5,7-8,11-13,17H,6,9-10H2,1-4H3,(H,23,27)(H,24,26). The number of nitrogens with zero attached hydrogens (tertiary/aromatic N) is 2. The van der Waals surface area contributed by atoms with Crippen molar-refractivity contribution in [3.63, 3.8) is 0 Å². The van der Waals surface area contributed by atoms with E-state index in [0.717, 1.165) is 0 Å². The highest BCUT2D eigenvalue weighted by molar-refractivity contribution is 5.81. The second-order valence-corrected chi connectivity index (χ2v) is 7.56. The van der Waals surface area contributed by atoms with Crippen LogP contribution in [-0.4, -0.2) is 27.9 Å². The first-order valence-electron chi connectivity index (χ1n) is 8.99. The number of hydrogen-bond acceptors (Lipinski definition) is 3. The van der Waals surface area contributed by atoms with Gasteiger partial charge in [-0.3, -0.25) is 9.59 Å². The largest absolute Gasteiger partial charge is 0.356 e. The van der Waals surface area contributed by atoms with E-state index in [2.05, 4.69) is 15.6 Å². The summed E-state index contributed by atoms with van der Waals surface area (Å²) in [5.41, 5.74) is 0.168. The Morgan fingerprint density at radius 2 is 2.04 bits per heavy atom. The molecule has 146 valence electrons. The molecular formula is C20H27FN4O2. The third-order valence-corrected chi connectivity index (χ3v) is 4.15. The van der Waals surface area contributed by atoms with Gasteiger partial charge < -0.3 is 15.2 Å². The summed E-state index contributed by atoms with van der Waals surface area (Å²) >= 11 is 0. The van der Waals surface area contributed by atoms with E-state index < -0.39 is 11.5 Å². The molecule has 0 bridgehead atoms. The van der Waals surface area contributed by atoms with E-state index in [1.807, 2.05) is 27.8 Å². The van der Waals surface area contributed by atoms with Gasteiger partial charge in [-0.2, -0.15) is 0 Å². The van der Waals surface area contributed by atoms with Crippen LogP contribution in [0.5, 0.6) is 0 Å². The maximum absolute atomic E-state index is 13.6. The molecule has 0 radical (unpaired) electrons. The lowest BCUT2D eigenvalue weighted by Gasteiger charge is -2.20. The predicted molar refractivity (Wildman–Crippen MR) is 101 cm³/mol. The summed E-state index contributed by atoms with van der Waals surface area (Å²) < 4.78 is 15.4. The molecule has 2 rings (SSSR count). The molecular weight excluding hydrogens is 347 g/mol. The minimum absolute atomic E-state index is 0.0476. The molecule has 1 unspecified atom stereocenters. The monoisotopic (exact) mass is 374 g/mol. The summed E-state index contributed by atoms with van der Waals surface area (Å²) in [6.07, 6.45) is 4.18. The van der Waals surface area contributed by atoms with Crippen molar-refractivity contribution in [2.24, 2.45) is 12.5 Å². The maximum atomic E-state index is 13.6. The summed E-state index contributed by atoms with van der Waals surface area (Å²) in [6, 6.07) is 5.57. The zero-order valence-electron chi connectivity index (χ0n) is 16.3. The van der Waals surface area contributed by atoms with Gasteiger partial charge in [-0.15, -0.1) is 0 Å². The Morgan fingerprint density at radius 1 is 1.30 bits per heavy atom. The molecule has 0 spiro atoms. The number of nitrogens with one attached hydrogen (secondary N) is 2. The Labute approximate surface area is 159 Å². The average Bonchev–Trinajstić information content (AvgIpc) is 3.01. The van der Waals surface area contributed by atoms with Crippen molar-refractivity contribution in [3.05, 3.63) is 53.9 Å². The molecule has 2 aromatic rings. The van der Waals surface area contributed by atoms with Gasteiger partial charge in [-0.05, 0) is 24.1 Å².